The normalized spacial score (nSPS) is 20.3. The van der Waals surface area contributed by atoms with Crippen molar-refractivity contribution < 1.29 is 49.3 Å². The van der Waals surface area contributed by atoms with E-state index in [1.54, 1.807) is 6.08 Å². The minimum Gasteiger partial charge on any atom is -0.454 e. The Balaban J connectivity index is 2.76. The monoisotopic (exact) mass is 1040 g/mol. The van der Waals surface area contributed by atoms with E-state index in [9.17, 15) is 35.1 Å². The number of unbranched alkanes of at least 4 members (excludes halogenated alkanes) is 13. The number of hydrogen-bond acceptors (Lipinski definition) is 10. The number of aliphatic hydroxyl groups excluding tert-OH is 5. The third-order valence-electron chi connectivity index (χ3n) is 12.4. The number of allylic oxidation sites excluding steroid dienone is 23. The number of nitrogens with one attached hydrogen (secondary N) is 1. The van der Waals surface area contributed by atoms with Crippen LogP contribution in [0.4, 0.5) is 0 Å². The van der Waals surface area contributed by atoms with Gasteiger partial charge in [-0.3, -0.25) is 9.59 Å². The summed E-state index contributed by atoms with van der Waals surface area (Å²) in [5.41, 5.74) is 0. The van der Waals surface area contributed by atoms with E-state index in [4.69, 9.17) is 14.2 Å². The van der Waals surface area contributed by atoms with Gasteiger partial charge in [-0.15, -0.1) is 0 Å². The predicted octanol–water partition coefficient (Wildman–Crippen LogP) is 13.0. The second kappa shape index (κ2) is 50.4. The van der Waals surface area contributed by atoms with Gasteiger partial charge in [0.2, 0.25) is 5.91 Å². The van der Waals surface area contributed by atoms with Gasteiger partial charge in [-0.2, -0.15) is 0 Å². The van der Waals surface area contributed by atoms with E-state index in [0.717, 1.165) is 89.9 Å². The van der Waals surface area contributed by atoms with Crippen LogP contribution in [-0.2, 0) is 23.8 Å². The number of carbonyl (C=O) groups excluding carboxylic acids is 2. The molecule has 0 saturated carbocycles. The molecule has 8 unspecified atom stereocenters. The van der Waals surface area contributed by atoms with E-state index in [-0.39, 0.29) is 19.4 Å². The lowest BCUT2D eigenvalue weighted by Crippen LogP contribution is -2.61. The summed E-state index contributed by atoms with van der Waals surface area (Å²) in [6.45, 7) is 5.42. The Bertz CT molecular complexity index is 1770. The summed E-state index contributed by atoms with van der Waals surface area (Å²) < 4.78 is 17.4. The fourth-order valence-electron chi connectivity index (χ4n) is 7.86. The lowest BCUT2D eigenvalue weighted by Gasteiger charge is -2.41. The summed E-state index contributed by atoms with van der Waals surface area (Å²) >= 11 is 0. The first-order chi connectivity index (χ1) is 36.7. The average molecular weight is 1040 g/mol. The van der Waals surface area contributed by atoms with Gasteiger partial charge >= 0.3 is 5.97 Å². The van der Waals surface area contributed by atoms with Gasteiger partial charge in [-0.1, -0.05) is 231 Å². The Labute approximate surface area is 454 Å². The highest BCUT2D eigenvalue weighted by atomic mass is 16.7. The van der Waals surface area contributed by atoms with E-state index in [2.05, 4.69) is 105 Å². The van der Waals surface area contributed by atoms with Crippen molar-refractivity contribution in [2.45, 2.75) is 230 Å². The van der Waals surface area contributed by atoms with Gasteiger partial charge in [-0.25, -0.2) is 0 Å². The number of carbonyl (C=O) groups is 2. The highest BCUT2D eigenvalue weighted by Gasteiger charge is 2.47. The molecule has 0 aliphatic carbocycles. The molecule has 0 aromatic carbocycles. The van der Waals surface area contributed by atoms with E-state index >= 15 is 0 Å². The number of esters is 1. The van der Waals surface area contributed by atoms with Gasteiger partial charge < -0.3 is 45.1 Å². The molecule has 1 amide bonds. The Kier molecular flexibility index (Phi) is 46.0. The Hall–Kier alpha value is -4.46. The molecule has 0 spiro atoms. The second-order valence-corrected chi connectivity index (χ2v) is 19.0. The molecule has 0 aromatic heterocycles. The van der Waals surface area contributed by atoms with Crippen LogP contribution in [0.5, 0.6) is 0 Å². The molecule has 1 heterocycles. The molecule has 75 heavy (non-hydrogen) atoms. The van der Waals surface area contributed by atoms with Crippen LogP contribution in [0.2, 0.25) is 0 Å². The zero-order valence-electron chi connectivity index (χ0n) is 46.3. The van der Waals surface area contributed by atoms with Gasteiger partial charge in [0.1, 0.15) is 24.4 Å². The molecule has 0 bridgehead atoms. The van der Waals surface area contributed by atoms with Gasteiger partial charge in [0.25, 0.3) is 0 Å². The molecule has 0 aromatic rings. The van der Waals surface area contributed by atoms with Crippen LogP contribution >= 0.6 is 0 Å². The minimum absolute atomic E-state index is 0.0149. The summed E-state index contributed by atoms with van der Waals surface area (Å²) in [5, 5.41) is 56.7. The molecular weight excluding hydrogens is 943 g/mol. The predicted molar refractivity (Wildman–Crippen MR) is 310 cm³/mol. The number of hydrogen-bond donors (Lipinski definition) is 6. The standard InChI is InChI=1S/C64H101NO10/c1-4-7-10-13-16-19-22-24-25-26-27-28-29-30-31-32-34-36-39-42-45-48-51-57(68)63(72)65-55(56(67)50-47-44-41-38-35-21-18-15-12-9-6-3)54-73-64-62(61(71)60(70)58(53-66)74-64)75-59(69)52-49-46-43-40-37-33-23-20-17-14-11-8-5-2/h7-8,10-11,14,16-17,19-20,23-25,27-28,30-31,33-34,36-37,40,43,47,50,55-58,60-62,64,66-68,70-71H,4-6,9,12-13,15,18,21-22,26,29,32,35,38-39,41-42,44-46,48-49,51-54H2,1-3H3,(H,65,72)/b10-7-,11-8+,17-14+,19-16-,23-20-,25-24-,28-27-,31-30-,36-34-,37-33-,43-40+,50-47+. The van der Waals surface area contributed by atoms with Crippen LogP contribution in [-0.4, -0.2) is 99.6 Å². The first-order valence-electron chi connectivity index (χ1n) is 28.7. The topological polar surface area (TPSA) is 175 Å². The van der Waals surface area contributed by atoms with Gasteiger partial charge in [0.05, 0.1) is 25.4 Å². The number of aliphatic hydroxyl groups is 5. The lowest BCUT2D eigenvalue weighted by atomic mass is 9.99. The lowest BCUT2D eigenvalue weighted by molar-refractivity contribution is -0.305. The van der Waals surface area contributed by atoms with Gasteiger partial charge in [0, 0.05) is 6.42 Å². The maximum absolute atomic E-state index is 13.4. The molecule has 11 heteroatoms. The highest BCUT2D eigenvalue weighted by molar-refractivity contribution is 5.80. The Morgan fingerprint density at radius 2 is 1.03 bits per heavy atom. The largest absolute Gasteiger partial charge is 0.454 e. The summed E-state index contributed by atoms with van der Waals surface area (Å²) in [7, 11) is 0. The van der Waals surface area contributed by atoms with Crippen molar-refractivity contribution >= 4 is 11.9 Å². The van der Waals surface area contributed by atoms with Crippen LogP contribution < -0.4 is 5.32 Å². The summed E-state index contributed by atoms with van der Waals surface area (Å²) in [4.78, 5) is 26.4. The molecule has 1 fully saturated rings. The molecule has 0 radical (unpaired) electrons. The SMILES string of the molecule is CC/C=C\C/C=C\C/C=C\C/C=C\C/C=C\C/C=C\CCCCCC(O)C(=O)NC(COC1OC(CO)C(O)C(O)C1OC(=O)CCC/C=C/C=C\C=C/C=C/C=C/CC)C(O)/C=C/CCCCCCCCCCC. The number of ether oxygens (including phenoxy) is 3. The van der Waals surface area contributed by atoms with Gasteiger partial charge in [0.15, 0.2) is 12.4 Å². The molecule has 1 saturated heterocycles. The van der Waals surface area contributed by atoms with Crippen LogP contribution in [0.25, 0.3) is 0 Å². The molecule has 1 aliphatic heterocycles. The van der Waals surface area contributed by atoms with E-state index in [0.29, 0.717) is 19.3 Å². The maximum Gasteiger partial charge on any atom is 0.306 e. The van der Waals surface area contributed by atoms with Crippen molar-refractivity contribution in [2.75, 3.05) is 13.2 Å². The third kappa shape index (κ3) is 38.7. The van der Waals surface area contributed by atoms with Crippen LogP contribution in [0.15, 0.2) is 146 Å². The molecule has 6 N–H and O–H groups in total. The fourth-order valence-corrected chi connectivity index (χ4v) is 7.86. The van der Waals surface area contributed by atoms with E-state index in [1.807, 2.05) is 60.8 Å². The fraction of sp³-hybridized carbons (Fsp3) is 0.594. The number of rotatable bonds is 45. The van der Waals surface area contributed by atoms with Crippen molar-refractivity contribution in [3.63, 3.8) is 0 Å². The van der Waals surface area contributed by atoms with Crippen LogP contribution in [0.1, 0.15) is 181 Å². The zero-order valence-corrected chi connectivity index (χ0v) is 46.3. The van der Waals surface area contributed by atoms with Crippen molar-refractivity contribution in [1.82, 2.24) is 5.32 Å². The molecule has 1 rings (SSSR count). The quantitative estimate of drug-likeness (QED) is 0.0149. The van der Waals surface area contributed by atoms with Gasteiger partial charge in [-0.05, 0) is 89.9 Å². The third-order valence-corrected chi connectivity index (χ3v) is 12.4. The zero-order chi connectivity index (χ0) is 54.7. The summed E-state index contributed by atoms with van der Waals surface area (Å²) in [5.74, 6) is -1.32. The van der Waals surface area contributed by atoms with Crippen LogP contribution in [0, 0.1) is 0 Å². The Morgan fingerprint density at radius 3 is 1.59 bits per heavy atom. The first-order valence-corrected chi connectivity index (χ1v) is 28.7. The molecule has 1 aliphatic rings. The van der Waals surface area contributed by atoms with Crippen molar-refractivity contribution in [3.8, 4) is 0 Å². The maximum atomic E-state index is 13.4. The van der Waals surface area contributed by atoms with E-state index < -0.39 is 67.4 Å². The molecule has 422 valence electrons. The second-order valence-electron chi connectivity index (χ2n) is 19.0. The first kappa shape index (κ1) is 68.6. The summed E-state index contributed by atoms with van der Waals surface area (Å²) in [6.07, 6.45) is 61.9. The highest BCUT2D eigenvalue weighted by Crippen LogP contribution is 2.26. The van der Waals surface area contributed by atoms with E-state index in [1.165, 1.54) is 38.5 Å². The molecule has 11 nitrogen and oxygen atoms in total. The van der Waals surface area contributed by atoms with Crippen LogP contribution in [0.3, 0.4) is 0 Å². The summed E-state index contributed by atoms with van der Waals surface area (Å²) in [6, 6.07) is -1.06. The molecular formula is C64H101NO10. The van der Waals surface area contributed by atoms with Crippen molar-refractivity contribution in [3.05, 3.63) is 146 Å². The average Bonchev–Trinajstić information content (AvgIpc) is 3.41. The van der Waals surface area contributed by atoms with Crippen molar-refractivity contribution in [2.24, 2.45) is 0 Å². The molecule has 8 atom stereocenters. The smallest absolute Gasteiger partial charge is 0.306 e. The Morgan fingerprint density at radius 1 is 0.547 bits per heavy atom. The van der Waals surface area contributed by atoms with Crippen molar-refractivity contribution in [1.29, 1.82) is 0 Å². The number of amides is 1. The minimum atomic E-state index is -1.66.